The van der Waals surface area contributed by atoms with E-state index in [-0.39, 0.29) is 5.91 Å². The molecule has 4 nitrogen and oxygen atoms in total. The number of halogens is 1. The van der Waals surface area contributed by atoms with E-state index < -0.39 is 0 Å². The lowest BCUT2D eigenvalue weighted by Gasteiger charge is -2.16. The van der Waals surface area contributed by atoms with E-state index >= 15 is 0 Å². The molecular weight excluding hydrogens is 282 g/mol. The normalized spacial score (nSPS) is 20.0. The number of rotatable bonds is 2. The number of carbonyl (C=O) groups excluding carboxylic acids is 1. The van der Waals surface area contributed by atoms with Crippen molar-refractivity contribution >= 4 is 21.8 Å². The van der Waals surface area contributed by atoms with Crippen LogP contribution in [0.2, 0.25) is 0 Å². The molecule has 1 amide bonds. The highest BCUT2D eigenvalue weighted by Gasteiger charge is 2.29. The van der Waals surface area contributed by atoms with Crippen LogP contribution in [0.4, 0.5) is 0 Å². The molecule has 1 atom stereocenters. The number of aryl methyl sites for hydroxylation is 2. The Balaban J connectivity index is 2.20. The summed E-state index contributed by atoms with van der Waals surface area (Å²) >= 11 is 3.49. The summed E-state index contributed by atoms with van der Waals surface area (Å²) in [4.78, 5) is 14.4. The van der Waals surface area contributed by atoms with Gasteiger partial charge in [0.2, 0.25) is 0 Å². The topological polar surface area (TPSA) is 38.1 Å². The van der Waals surface area contributed by atoms with E-state index in [1.165, 1.54) is 0 Å². The van der Waals surface area contributed by atoms with Crippen molar-refractivity contribution in [3.05, 3.63) is 17.0 Å². The van der Waals surface area contributed by atoms with E-state index in [1.54, 1.807) is 4.68 Å². The van der Waals surface area contributed by atoms with Gasteiger partial charge in [0, 0.05) is 31.2 Å². The molecule has 1 unspecified atom stereocenters. The summed E-state index contributed by atoms with van der Waals surface area (Å²) in [6.07, 6.45) is 1.09. The predicted molar refractivity (Wildman–Crippen MR) is 70.5 cm³/mol. The fourth-order valence-electron chi connectivity index (χ4n) is 2.38. The van der Waals surface area contributed by atoms with Gasteiger partial charge < -0.3 is 4.90 Å². The maximum atomic E-state index is 12.4. The van der Waals surface area contributed by atoms with Crippen LogP contribution >= 0.6 is 15.9 Å². The van der Waals surface area contributed by atoms with Crippen LogP contribution < -0.4 is 0 Å². The first-order valence-electron chi connectivity index (χ1n) is 5.90. The van der Waals surface area contributed by atoms with Crippen LogP contribution in [0.5, 0.6) is 0 Å². The van der Waals surface area contributed by atoms with Gasteiger partial charge in [-0.05, 0) is 26.2 Å². The number of aromatic nitrogens is 2. The van der Waals surface area contributed by atoms with Gasteiger partial charge in [0.15, 0.2) is 0 Å². The average Bonchev–Trinajstić information content (AvgIpc) is 2.85. The fraction of sp³-hybridized carbons (Fsp3) is 0.667. The molecule has 0 bridgehead atoms. The Morgan fingerprint density at radius 2 is 2.24 bits per heavy atom. The Morgan fingerprint density at radius 1 is 1.53 bits per heavy atom. The van der Waals surface area contributed by atoms with Crippen LogP contribution in [0.3, 0.4) is 0 Å². The van der Waals surface area contributed by atoms with Crippen molar-refractivity contribution in [2.75, 3.05) is 18.4 Å². The molecule has 94 valence electrons. The quantitative estimate of drug-likeness (QED) is 0.782. The van der Waals surface area contributed by atoms with Crippen molar-refractivity contribution in [1.82, 2.24) is 14.7 Å². The number of hydrogen-bond acceptors (Lipinski definition) is 2. The Kier molecular flexibility index (Phi) is 3.56. The van der Waals surface area contributed by atoms with E-state index in [4.69, 9.17) is 0 Å². The van der Waals surface area contributed by atoms with Gasteiger partial charge in [0.1, 0.15) is 0 Å². The van der Waals surface area contributed by atoms with E-state index in [1.807, 2.05) is 25.8 Å². The number of carbonyl (C=O) groups is 1. The van der Waals surface area contributed by atoms with Crippen LogP contribution in [-0.4, -0.2) is 39.0 Å². The minimum absolute atomic E-state index is 0.136. The molecule has 5 heteroatoms. The van der Waals surface area contributed by atoms with Crippen LogP contribution in [0.25, 0.3) is 0 Å². The van der Waals surface area contributed by atoms with Gasteiger partial charge in [-0.15, -0.1) is 0 Å². The molecule has 2 heterocycles. The minimum Gasteiger partial charge on any atom is -0.338 e. The second-order valence-corrected chi connectivity index (χ2v) is 5.38. The summed E-state index contributed by atoms with van der Waals surface area (Å²) < 4.78 is 1.78. The minimum atomic E-state index is 0.136. The largest absolute Gasteiger partial charge is 0.338 e. The number of hydrogen-bond donors (Lipinski definition) is 0. The zero-order chi connectivity index (χ0) is 12.6. The first-order chi connectivity index (χ1) is 8.04. The molecule has 0 spiro atoms. The highest BCUT2D eigenvalue weighted by atomic mass is 79.9. The summed E-state index contributed by atoms with van der Waals surface area (Å²) in [6.45, 7) is 5.57. The third-order valence-corrected chi connectivity index (χ3v) is 4.43. The van der Waals surface area contributed by atoms with Crippen LogP contribution in [-0.2, 0) is 7.05 Å². The van der Waals surface area contributed by atoms with Gasteiger partial charge in [0.05, 0.1) is 11.3 Å². The van der Waals surface area contributed by atoms with Crippen molar-refractivity contribution in [3.63, 3.8) is 0 Å². The second kappa shape index (κ2) is 4.80. The Labute approximate surface area is 110 Å². The summed E-state index contributed by atoms with van der Waals surface area (Å²) in [6, 6.07) is 0. The highest BCUT2D eigenvalue weighted by molar-refractivity contribution is 9.09. The van der Waals surface area contributed by atoms with Gasteiger partial charge in [-0.2, -0.15) is 5.10 Å². The average molecular weight is 300 g/mol. The second-order valence-electron chi connectivity index (χ2n) is 4.73. The molecular formula is C12H18BrN3O. The molecule has 1 aliphatic heterocycles. The molecule has 0 saturated carbocycles. The predicted octanol–water partition coefficient (Wildman–Crippen LogP) is 1.89. The van der Waals surface area contributed by atoms with E-state index in [0.29, 0.717) is 5.92 Å². The number of alkyl halides is 1. The first-order valence-corrected chi connectivity index (χ1v) is 7.02. The van der Waals surface area contributed by atoms with Gasteiger partial charge in [0.25, 0.3) is 5.91 Å². The summed E-state index contributed by atoms with van der Waals surface area (Å²) in [7, 11) is 1.88. The zero-order valence-electron chi connectivity index (χ0n) is 10.5. The van der Waals surface area contributed by atoms with Crippen LogP contribution in [0.15, 0.2) is 0 Å². The van der Waals surface area contributed by atoms with Gasteiger partial charge in [-0.3, -0.25) is 9.48 Å². The fourth-order valence-corrected chi connectivity index (χ4v) is 2.91. The van der Waals surface area contributed by atoms with E-state index in [9.17, 15) is 4.79 Å². The number of nitrogens with zero attached hydrogens (tertiary/aromatic N) is 3. The summed E-state index contributed by atoms with van der Waals surface area (Å²) in [5.41, 5.74) is 2.56. The SMILES string of the molecule is Cc1nn(C)c(C)c1C(=O)N1CCC(CBr)C1. The number of amides is 1. The lowest BCUT2D eigenvalue weighted by atomic mass is 10.1. The van der Waals surface area contributed by atoms with Crippen molar-refractivity contribution in [2.24, 2.45) is 13.0 Å². The molecule has 1 saturated heterocycles. The van der Waals surface area contributed by atoms with Crippen molar-refractivity contribution in [1.29, 1.82) is 0 Å². The smallest absolute Gasteiger partial charge is 0.257 e. The molecule has 0 N–H and O–H groups in total. The van der Waals surface area contributed by atoms with Crippen LogP contribution in [0.1, 0.15) is 28.2 Å². The molecule has 17 heavy (non-hydrogen) atoms. The molecule has 0 aromatic carbocycles. The van der Waals surface area contributed by atoms with Gasteiger partial charge >= 0.3 is 0 Å². The summed E-state index contributed by atoms with van der Waals surface area (Å²) in [5, 5.41) is 5.28. The molecule has 0 aliphatic carbocycles. The van der Waals surface area contributed by atoms with Gasteiger partial charge in [-0.1, -0.05) is 15.9 Å². The van der Waals surface area contributed by atoms with E-state index in [2.05, 4.69) is 21.0 Å². The maximum Gasteiger partial charge on any atom is 0.257 e. The lowest BCUT2D eigenvalue weighted by molar-refractivity contribution is 0.0787. The third kappa shape index (κ3) is 2.25. The summed E-state index contributed by atoms with van der Waals surface area (Å²) in [5.74, 6) is 0.729. The third-order valence-electron chi connectivity index (χ3n) is 3.51. The Bertz CT molecular complexity index is 441. The molecule has 0 radical (unpaired) electrons. The van der Waals surface area contributed by atoms with Crippen molar-refractivity contribution in [2.45, 2.75) is 20.3 Å². The molecule has 1 fully saturated rings. The number of likely N-dealkylation sites (tertiary alicyclic amines) is 1. The standard InChI is InChI=1S/C12H18BrN3O/c1-8-11(9(2)15(3)14-8)12(17)16-5-4-10(6-13)7-16/h10H,4-7H2,1-3H3. The maximum absolute atomic E-state index is 12.4. The van der Waals surface area contributed by atoms with Crippen molar-refractivity contribution in [3.8, 4) is 0 Å². The first kappa shape index (κ1) is 12.6. The highest BCUT2D eigenvalue weighted by Crippen LogP contribution is 2.22. The molecule has 1 aromatic rings. The molecule has 2 rings (SSSR count). The zero-order valence-corrected chi connectivity index (χ0v) is 12.1. The Hall–Kier alpha value is -0.840. The monoisotopic (exact) mass is 299 g/mol. The van der Waals surface area contributed by atoms with Crippen molar-refractivity contribution < 1.29 is 4.79 Å². The lowest BCUT2D eigenvalue weighted by Crippen LogP contribution is -2.29. The molecule has 1 aromatic heterocycles. The van der Waals surface area contributed by atoms with E-state index in [0.717, 1.165) is 41.8 Å². The Morgan fingerprint density at radius 3 is 2.71 bits per heavy atom. The molecule has 1 aliphatic rings. The van der Waals surface area contributed by atoms with Crippen LogP contribution in [0, 0.1) is 19.8 Å². The van der Waals surface area contributed by atoms with Gasteiger partial charge in [-0.25, -0.2) is 0 Å².